The molecule has 8 heteroatoms. The normalized spacial score (nSPS) is 23.7. The van der Waals surface area contributed by atoms with E-state index in [1.54, 1.807) is 0 Å². The first-order valence-electron chi connectivity index (χ1n) is 6.44. The maximum absolute atomic E-state index is 12.1. The summed E-state index contributed by atoms with van der Waals surface area (Å²) in [6, 6.07) is 1.12. The van der Waals surface area contributed by atoms with Gasteiger partial charge in [-0.2, -0.15) is 0 Å². The molecule has 1 aliphatic rings. The molecule has 2 rings (SSSR count). The van der Waals surface area contributed by atoms with Gasteiger partial charge in [-0.05, 0) is 31.2 Å². The number of hydrogen-bond donors (Lipinski definition) is 3. The molecule has 20 heavy (non-hydrogen) atoms. The lowest BCUT2D eigenvalue weighted by Crippen LogP contribution is -2.33. The molecule has 1 heterocycles. The van der Waals surface area contributed by atoms with Crippen LogP contribution in [0.2, 0.25) is 5.02 Å². The maximum atomic E-state index is 12.1. The Balaban J connectivity index is 2.03. The molecular formula is C12H17ClN2O4S. The molecule has 0 spiro atoms. The van der Waals surface area contributed by atoms with Crippen LogP contribution < -0.4 is 10.3 Å². The van der Waals surface area contributed by atoms with Gasteiger partial charge in [-0.25, -0.2) is 13.1 Å². The summed E-state index contributed by atoms with van der Waals surface area (Å²) in [5.41, 5.74) is -0.527. The molecule has 1 saturated carbocycles. The fraction of sp³-hybridized carbons (Fsp3) is 0.583. The van der Waals surface area contributed by atoms with Crippen molar-refractivity contribution in [1.29, 1.82) is 0 Å². The molecule has 1 aromatic heterocycles. The topological polar surface area (TPSA) is 99.3 Å². The van der Waals surface area contributed by atoms with Crippen LogP contribution in [0.5, 0.6) is 0 Å². The van der Waals surface area contributed by atoms with Gasteiger partial charge in [0, 0.05) is 12.7 Å². The van der Waals surface area contributed by atoms with E-state index in [0.717, 1.165) is 31.5 Å². The molecule has 0 aliphatic heterocycles. The Labute approximate surface area is 122 Å². The zero-order chi connectivity index (χ0) is 14.8. The van der Waals surface area contributed by atoms with E-state index in [-0.39, 0.29) is 28.5 Å². The van der Waals surface area contributed by atoms with Gasteiger partial charge in [0.15, 0.2) is 0 Å². The van der Waals surface area contributed by atoms with Crippen molar-refractivity contribution in [3.05, 3.63) is 27.6 Å². The zero-order valence-electron chi connectivity index (χ0n) is 10.8. The highest BCUT2D eigenvalue weighted by Gasteiger charge is 2.23. The van der Waals surface area contributed by atoms with Crippen molar-refractivity contribution < 1.29 is 13.5 Å². The van der Waals surface area contributed by atoms with Gasteiger partial charge in [-0.1, -0.05) is 18.0 Å². The van der Waals surface area contributed by atoms with Crippen LogP contribution in [0.1, 0.15) is 25.7 Å². The van der Waals surface area contributed by atoms with E-state index >= 15 is 0 Å². The van der Waals surface area contributed by atoms with Crippen LogP contribution in [0, 0.1) is 5.92 Å². The standard InChI is InChI=1S/C12H17ClN2O4S/c13-11-5-10(7-14-12(11)17)20(18,19)15-6-8-2-1-3-9(16)4-8/h5,7-9,15-16H,1-4,6H2,(H,14,17). The molecule has 0 radical (unpaired) electrons. The summed E-state index contributed by atoms with van der Waals surface area (Å²) >= 11 is 5.62. The average molecular weight is 321 g/mol. The van der Waals surface area contributed by atoms with Crippen molar-refractivity contribution in [1.82, 2.24) is 9.71 Å². The van der Waals surface area contributed by atoms with E-state index in [1.165, 1.54) is 0 Å². The van der Waals surface area contributed by atoms with Crippen LogP contribution in [-0.2, 0) is 10.0 Å². The molecule has 1 aromatic rings. The summed E-state index contributed by atoms with van der Waals surface area (Å²) in [4.78, 5) is 13.3. The Kier molecular flexibility index (Phi) is 4.85. The monoisotopic (exact) mass is 320 g/mol. The van der Waals surface area contributed by atoms with E-state index < -0.39 is 15.6 Å². The fourth-order valence-corrected chi connectivity index (χ4v) is 3.70. The molecule has 1 fully saturated rings. The van der Waals surface area contributed by atoms with Gasteiger partial charge < -0.3 is 10.1 Å². The summed E-state index contributed by atoms with van der Waals surface area (Å²) in [7, 11) is -3.70. The molecule has 2 unspecified atom stereocenters. The molecule has 112 valence electrons. The summed E-state index contributed by atoms with van der Waals surface area (Å²) in [6.45, 7) is 0.274. The minimum Gasteiger partial charge on any atom is -0.393 e. The average Bonchev–Trinajstić information content (AvgIpc) is 2.40. The van der Waals surface area contributed by atoms with Crippen LogP contribution in [0.3, 0.4) is 0 Å². The summed E-state index contributed by atoms with van der Waals surface area (Å²) < 4.78 is 26.6. The van der Waals surface area contributed by atoms with Crippen molar-refractivity contribution >= 4 is 21.6 Å². The highest BCUT2D eigenvalue weighted by atomic mass is 35.5. The number of pyridine rings is 1. The number of H-pyrrole nitrogens is 1. The first kappa shape index (κ1) is 15.5. The number of aliphatic hydroxyl groups is 1. The van der Waals surface area contributed by atoms with Gasteiger partial charge >= 0.3 is 0 Å². The zero-order valence-corrected chi connectivity index (χ0v) is 12.4. The lowest BCUT2D eigenvalue weighted by atomic mass is 9.87. The third-order valence-electron chi connectivity index (χ3n) is 3.46. The minimum atomic E-state index is -3.70. The number of halogens is 1. The number of aromatic nitrogens is 1. The quantitative estimate of drug-likeness (QED) is 0.766. The Bertz CT molecular complexity index is 629. The van der Waals surface area contributed by atoms with Crippen molar-refractivity contribution in [3.63, 3.8) is 0 Å². The van der Waals surface area contributed by atoms with Crippen molar-refractivity contribution in [2.75, 3.05) is 6.54 Å². The number of rotatable bonds is 4. The number of sulfonamides is 1. The van der Waals surface area contributed by atoms with Crippen LogP contribution in [0.25, 0.3) is 0 Å². The first-order chi connectivity index (χ1) is 9.38. The van der Waals surface area contributed by atoms with Gasteiger partial charge in [0.05, 0.1) is 11.0 Å². The molecule has 0 aromatic carbocycles. The molecule has 1 aliphatic carbocycles. The number of aromatic amines is 1. The Morgan fingerprint density at radius 2 is 2.20 bits per heavy atom. The largest absolute Gasteiger partial charge is 0.393 e. The van der Waals surface area contributed by atoms with Crippen LogP contribution in [-0.4, -0.2) is 31.2 Å². The Morgan fingerprint density at radius 3 is 2.85 bits per heavy atom. The Morgan fingerprint density at radius 1 is 1.45 bits per heavy atom. The highest BCUT2D eigenvalue weighted by molar-refractivity contribution is 7.89. The van der Waals surface area contributed by atoms with E-state index in [2.05, 4.69) is 9.71 Å². The fourth-order valence-electron chi connectivity index (χ4n) is 2.35. The van der Waals surface area contributed by atoms with E-state index in [0.29, 0.717) is 6.42 Å². The second-order valence-corrected chi connectivity index (χ2v) is 7.22. The molecule has 0 bridgehead atoms. The SMILES string of the molecule is O=c1[nH]cc(S(=O)(=O)NCC2CCCC(O)C2)cc1Cl. The van der Waals surface area contributed by atoms with E-state index in [9.17, 15) is 18.3 Å². The molecule has 0 amide bonds. The van der Waals surface area contributed by atoms with Gasteiger partial charge in [0.1, 0.15) is 5.02 Å². The molecule has 6 nitrogen and oxygen atoms in total. The predicted molar refractivity (Wildman–Crippen MR) is 75.2 cm³/mol. The molecule has 3 N–H and O–H groups in total. The van der Waals surface area contributed by atoms with Gasteiger partial charge in [-0.3, -0.25) is 4.79 Å². The molecular weight excluding hydrogens is 304 g/mol. The first-order valence-corrected chi connectivity index (χ1v) is 8.30. The number of nitrogens with one attached hydrogen (secondary N) is 2. The van der Waals surface area contributed by atoms with Crippen LogP contribution in [0.4, 0.5) is 0 Å². The van der Waals surface area contributed by atoms with Crippen molar-refractivity contribution in [2.24, 2.45) is 5.92 Å². The molecule has 0 saturated heterocycles. The van der Waals surface area contributed by atoms with E-state index in [1.807, 2.05) is 0 Å². The predicted octanol–water partition coefficient (Wildman–Crippen LogP) is 0.858. The van der Waals surface area contributed by atoms with Crippen molar-refractivity contribution in [3.8, 4) is 0 Å². The van der Waals surface area contributed by atoms with Gasteiger partial charge in [0.2, 0.25) is 10.0 Å². The second kappa shape index (κ2) is 6.26. The lowest BCUT2D eigenvalue weighted by Gasteiger charge is -2.25. The summed E-state index contributed by atoms with van der Waals surface area (Å²) in [5, 5.41) is 9.39. The third kappa shape index (κ3) is 3.82. The van der Waals surface area contributed by atoms with Crippen LogP contribution >= 0.6 is 11.6 Å². The smallest absolute Gasteiger partial charge is 0.266 e. The van der Waals surface area contributed by atoms with Crippen molar-refractivity contribution in [2.45, 2.75) is 36.7 Å². The second-order valence-electron chi connectivity index (χ2n) is 5.05. The lowest BCUT2D eigenvalue weighted by molar-refractivity contribution is 0.102. The highest BCUT2D eigenvalue weighted by Crippen LogP contribution is 2.24. The third-order valence-corrected chi connectivity index (χ3v) is 5.14. The molecule has 2 atom stereocenters. The van der Waals surface area contributed by atoms with Gasteiger partial charge in [0.25, 0.3) is 5.56 Å². The maximum Gasteiger partial charge on any atom is 0.266 e. The van der Waals surface area contributed by atoms with E-state index in [4.69, 9.17) is 11.6 Å². The summed E-state index contributed by atoms with van der Waals surface area (Å²) in [6.07, 6.45) is 3.95. The number of aliphatic hydroxyl groups excluding tert-OH is 1. The van der Waals surface area contributed by atoms with Gasteiger partial charge in [-0.15, -0.1) is 0 Å². The minimum absolute atomic E-state index is 0.0709. The number of hydrogen-bond acceptors (Lipinski definition) is 4. The summed E-state index contributed by atoms with van der Waals surface area (Å²) in [5.74, 6) is 0.131. The van der Waals surface area contributed by atoms with Crippen LogP contribution in [0.15, 0.2) is 22.0 Å². The Hall–Kier alpha value is -0.890.